The zero-order valence-corrected chi connectivity index (χ0v) is 20.4. The molecule has 0 saturated carbocycles. The number of allylic oxidation sites excluding steroid dienone is 2. The summed E-state index contributed by atoms with van der Waals surface area (Å²) in [6.07, 6.45) is 2.13. The number of piperidine rings is 1. The van der Waals surface area contributed by atoms with Gasteiger partial charge >= 0.3 is 6.18 Å². The highest BCUT2D eigenvalue weighted by molar-refractivity contribution is 6.03. The molecule has 192 valence electrons. The van der Waals surface area contributed by atoms with E-state index < -0.39 is 24.2 Å². The molecule has 4 rings (SSSR count). The first-order chi connectivity index (χ1) is 16.9. The Morgan fingerprint density at radius 1 is 1.28 bits per heavy atom. The standard InChI is InChI=1S/C26H30F3N5O2/c1-24(2)7-5-17(6-8-24)20-13-18(25(36)9-11-34(12-10-25)16-26(27,28)29)3-4-21(20)33-23(35)22-31-15-19(14-30)32-22/h3-5,13,15,36H,6-12,16H2,1-2H3,(H,31,32)(H,33,35). The molecule has 1 amide bonds. The number of imidazole rings is 1. The van der Waals surface area contributed by atoms with Gasteiger partial charge in [0.25, 0.3) is 5.91 Å². The minimum Gasteiger partial charge on any atom is -0.385 e. The first-order valence-corrected chi connectivity index (χ1v) is 12.0. The summed E-state index contributed by atoms with van der Waals surface area (Å²) < 4.78 is 38.4. The van der Waals surface area contributed by atoms with Gasteiger partial charge in [0.05, 0.1) is 18.3 Å². The number of aromatic nitrogens is 2. The van der Waals surface area contributed by atoms with Gasteiger partial charge in [-0.25, -0.2) is 4.98 Å². The Kier molecular flexibility index (Phi) is 6.99. The molecule has 2 aromatic rings. The average molecular weight is 502 g/mol. The maximum Gasteiger partial charge on any atom is 0.401 e. The summed E-state index contributed by atoms with van der Waals surface area (Å²) >= 11 is 0. The second-order valence-corrected chi connectivity index (χ2v) is 10.5. The van der Waals surface area contributed by atoms with Crippen molar-refractivity contribution in [1.82, 2.24) is 14.9 Å². The Labute approximate surface area is 208 Å². The molecule has 0 atom stereocenters. The monoisotopic (exact) mass is 501 g/mol. The lowest BCUT2D eigenvalue weighted by Gasteiger charge is -2.39. The second kappa shape index (κ2) is 9.71. The Morgan fingerprint density at radius 3 is 2.58 bits per heavy atom. The maximum absolute atomic E-state index is 12.8. The molecule has 0 spiro atoms. The van der Waals surface area contributed by atoms with Crippen molar-refractivity contribution in [1.29, 1.82) is 5.26 Å². The van der Waals surface area contributed by atoms with E-state index in [-0.39, 0.29) is 42.9 Å². The van der Waals surface area contributed by atoms with E-state index in [0.29, 0.717) is 11.3 Å². The Balaban J connectivity index is 1.62. The molecule has 0 bridgehead atoms. The molecule has 36 heavy (non-hydrogen) atoms. The molecule has 3 N–H and O–H groups in total. The molecule has 1 aliphatic carbocycles. The summed E-state index contributed by atoms with van der Waals surface area (Å²) in [6, 6.07) is 7.19. The smallest absolute Gasteiger partial charge is 0.385 e. The highest BCUT2D eigenvalue weighted by atomic mass is 19.4. The molecule has 7 nitrogen and oxygen atoms in total. The van der Waals surface area contributed by atoms with Gasteiger partial charge in [-0.05, 0) is 60.8 Å². The number of hydrogen-bond acceptors (Lipinski definition) is 5. The van der Waals surface area contributed by atoms with Gasteiger partial charge in [-0.3, -0.25) is 9.69 Å². The van der Waals surface area contributed by atoms with E-state index in [4.69, 9.17) is 5.26 Å². The van der Waals surface area contributed by atoms with Crippen LogP contribution in [0.3, 0.4) is 0 Å². The van der Waals surface area contributed by atoms with Crippen molar-refractivity contribution in [3.05, 3.63) is 53.1 Å². The Hall–Kier alpha value is -3.16. The maximum atomic E-state index is 12.8. The normalized spacial score (nSPS) is 19.9. The van der Waals surface area contributed by atoms with E-state index in [2.05, 4.69) is 35.2 Å². The molecule has 1 aliphatic heterocycles. The zero-order chi connectivity index (χ0) is 26.1. The van der Waals surface area contributed by atoms with Crippen LogP contribution in [-0.2, 0) is 5.60 Å². The molecule has 2 aliphatic rings. The fourth-order valence-electron chi connectivity index (χ4n) is 4.83. The van der Waals surface area contributed by atoms with Crippen LogP contribution < -0.4 is 5.32 Å². The lowest BCUT2D eigenvalue weighted by atomic mass is 9.76. The molecular formula is C26H30F3N5O2. The Bertz CT molecular complexity index is 1200. The van der Waals surface area contributed by atoms with Crippen molar-refractivity contribution in [2.45, 2.75) is 57.7 Å². The predicted molar refractivity (Wildman–Crippen MR) is 129 cm³/mol. The summed E-state index contributed by atoms with van der Waals surface area (Å²) in [5, 5.41) is 23.2. The topological polar surface area (TPSA) is 105 Å². The molecule has 1 saturated heterocycles. The van der Waals surface area contributed by atoms with Crippen molar-refractivity contribution >= 4 is 17.2 Å². The van der Waals surface area contributed by atoms with E-state index in [1.165, 1.54) is 11.1 Å². The molecule has 1 fully saturated rings. The number of rotatable bonds is 5. The second-order valence-electron chi connectivity index (χ2n) is 10.5. The third-order valence-corrected chi connectivity index (χ3v) is 7.12. The zero-order valence-electron chi connectivity index (χ0n) is 20.4. The van der Waals surface area contributed by atoms with Gasteiger partial charge in [-0.15, -0.1) is 0 Å². The fourth-order valence-corrected chi connectivity index (χ4v) is 4.83. The number of alkyl halides is 3. The third-order valence-electron chi connectivity index (χ3n) is 7.12. The van der Waals surface area contributed by atoms with Crippen LogP contribution in [0.5, 0.6) is 0 Å². The Morgan fingerprint density at radius 2 is 2.00 bits per heavy atom. The lowest BCUT2D eigenvalue weighted by molar-refractivity contribution is -0.154. The lowest BCUT2D eigenvalue weighted by Crippen LogP contribution is -2.45. The number of aromatic amines is 1. The quantitative estimate of drug-likeness (QED) is 0.536. The molecule has 0 radical (unpaired) electrons. The summed E-state index contributed by atoms with van der Waals surface area (Å²) in [6.45, 7) is 3.68. The number of H-pyrrole nitrogens is 1. The number of likely N-dealkylation sites (tertiary alicyclic amines) is 1. The first-order valence-electron chi connectivity index (χ1n) is 12.0. The number of carbonyl (C=O) groups excluding carboxylic acids is 1. The number of halogens is 3. The number of amides is 1. The number of aliphatic hydroxyl groups is 1. The number of nitriles is 1. The van der Waals surface area contributed by atoms with Gasteiger partial charge < -0.3 is 15.4 Å². The van der Waals surface area contributed by atoms with Crippen LogP contribution in [0.15, 0.2) is 30.5 Å². The van der Waals surface area contributed by atoms with Crippen molar-refractivity contribution in [2.75, 3.05) is 25.0 Å². The van der Waals surface area contributed by atoms with Crippen molar-refractivity contribution < 1.29 is 23.1 Å². The minimum absolute atomic E-state index is 0.0102. The third kappa shape index (κ3) is 5.97. The van der Waals surface area contributed by atoms with Crippen LogP contribution >= 0.6 is 0 Å². The van der Waals surface area contributed by atoms with Crippen molar-refractivity contribution in [3.8, 4) is 6.07 Å². The molecule has 1 aromatic carbocycles. The van der Waals surface area contributed by atoms with E-state index in [0.717, 1.165) is 30.4 Å². The van der Waals surface area contributed by atoms with Crippen LogP contribution in [0.1, 0.15) is 73.4 Å². The average Bonchev–Trinajstić information content (AvgIpc) is 3.30. The first kappa shape index (κ1) is 25.9. The van der Waals surface area contributed by atoms with Gasteiger partial charge in [0.1, 0.15) is 11.8 Å². The van der Waals surface area contributed by atoms with E-state index in [1.54, 1.807) is 12.1 Å². The largest absolute Gasteiger partial charge is 0.401 e. The van der Waals surface area contributed by atoms with Crippen LogP contribution in [-0.4, -0.2) is 51.7 Å². The van der Waals surface area contributed by atoms with Gasteiger partial charge in [0.15, 0.2) is 5.82 Å². The SMILES string of the molecule is CC1(C)CC=C(c2cc(C3(O)CCN(CC(F)(F)F)CC3)ccc2NC(=O)c2ncc(C#N)[nH]2)CC1. The van der Waals surface area contributed by atoms with E-state index in [9.17, 15) is 23.1 Å². The number of carbonyl (C=O) groups is 1. The number of benzene rings is 1. The van der Waals surface area contributed by atoms with Gasteiger partial charge in [0.2, 0.25) is 0 Å². The van der Waals surface area contributed by atoms with Crippen LogP contribution in [0.2, 0.25) is 0 Å². The van der Waals surface area contributed by atoms with E-state index in [1.807, 2.05) is 12.1 Å². The highest BCUT2D eigenvalue weighted by Crippen LogP contribution is 2.42. The number of anilines is 1. The number of hydrogen-bond donors (Lipinski definition) is 3. The van der Waals surface area contributed by atoms with Crippen LogP contribution in [0, 0.1) is 16.7 Å². The molecule has 2 heterocycles. The summed E-state index contributed by atoms with van der Waals surface area (Å²) in [5.41, 5.74) is 2.07. The summed E-state index contributed by atoms with van der Waals surface area (Å²) in [7, 11) is 0. The van der Waals surface area contributed by atoms with Gasteiger partial charge in [-0.2, -0.15) is 18.4 Å². The fraction of sp³-hybridized carbons (Fsp3) is 0.500. The van der Waals surface area contributed by atoms with Crippen LogP contribution in [0.4, 0.5) is 18.9 Å². The predicted octanol–water partition coefficient (Wildman–Crippen LogP) is 4.97. The number of nitrogens with zero attached hydrogens (tertiary/aromatic N) is 3. The van der Waals surface area contributed by atoms with Crippen molar-refractivity contribution in [2.24, 2.45) is 5.41 Å². The number of nitrogens with one attached hydrogen (secondary N) is 2. The summed E-state index contributed by atoms with van der Waals surface area (Å²) in [5.74, 6) is -0.489. The van der Waals surface area contributed by atoms with Crippen LogP contribution in [0.25, 0.3) is 5.57 Å². The highest BCUT2D eigenvalue weighted by Gasteiger charge is 2.38. The van der Waals surface area contributed by atoms with E-state index >= 15 is 0 Å². The summed E-state index contributed by atoms with van der Waals surface area (Å²) in [4.78, 5) is 20.7. The molecular weight excluding hydrogens is 471 g/mol. The molecule has 10 heteroatoms. The molecule has 0 unspecified atom stereocenters. The van der Waals surface area contributed by atoms with Gasteiger partial charge in [-0.1, -0.05) is 26.0 Å². The van der Waals surface area contributed by atoms with Gasteiger partial charge in [0, 0.05) is 24.3 Å². The van der Waals surface area contributed by atoms with Crippen molar-refractivity contribution in [3.63, 3.8) is 0 Å². The molecule has 1 aromatic heterocycles. The minimum atomic E-state index is -4.27.